The van der Waals surface area contributed by atoms with Crippen molar-refractivity contribution in [2.75, 3.05) is 18.0 Å². The van der Waals surface area contributed by atoms with Crippen LogP contribution in [-0.4, -0.2) is 29.1 Å². The third-order valence-corrected chi connectivity index (χ3v) is 3.81. The third kappa shape index (κ3) is 2.26. The molecule has 0 bridgehead atoms. The Morgan fingerprint density at radius 2 is 1.95 bits per heavy atom. The van der Waals surface area contributed by atoms with Crippen LogP contribution < -0.4 is 4.90 Å². The van der Waals surface area contributed by atoms with Gasteiger partial charge < -0.3 is 10.0 Å². The Balaban J connectivity index is 1.88. The zero-order valence-corrected chi connectivity index (χ0v) is 10.6. The van der Waals surface area contributed by atoms with Gasteiger partial charge >= 0.3 is 5.97 Å². The Hall–Kier alpha value is -2.10. The molecule has 0 amide bonds. The van der Waals surface area contributed by atoms with Crippen LogP contribution in [0.5, 0.6) is 0 Å². The molecule has 1 fully saturated rings. The van der Waals surface area contributed by atoms with Crippen molar-refractivity contribution in [1.82, 2.24) is 4.98 Å². The molecule has 0 saturated carbocycles. The molecule has 2 heterocycles. The summed E-state index contributed by atoms with van der Waals surface area (Å²) in [5, 5.41) is 10.2. The van der Waals surface area contributed by atoms with Crippen LogP contribution in [0.15, 0.2) is 36.5 Å². The number of pyridine rings is 1. The lowest BCUT2D eigenvalue weighted by Gasteiger charge is -2.32. The fraction of sp³-hybridized carbons (Fsp3) is 0.333. The number of aromatic nitrogens is 1. The number of nitrogens with zero attached hydrogens (tertiary/aromatic N) is 2. The van der Waals surface area contributed by atoms with Gasteiger partial charge in [0, 0.05) is 30.4 Å². The quantitative estimate of drug-likeness (QED) is 0.897. The van der Waals surface area contributed by atoms with Crippen molar-refractivity contribution in [3.8, 4) is 0 Å². The molecule has 2 aromatic rings. The number of piperidine rings is 1. The Morgan fingerprint density at radius 1 is 1.21 bits per heavy atom. The average molecular weight is 256 g/mol. The molecule has 4 heteroatoms. The first-order chi connectivity index (χ1) is 9.25. The first kappa shape index (κ1) is 12.0. The second-order valence-corrected chi connectivity index (χ2v) is 4.95. The van der Waals surface area contributed by atoms with Crippen LogP contribution in [0, 0.1) is 5.92 Å². The first-order valence-corrected chi connectivity index (χ1v) is 6.57. The number of hydrogen-bond donors (Lipinski definition) is 1. The lowest BCUT2D eigenvalue weighted by molar-refractivity contribution is -0.142. The van der Waals surface area contributed by atoms with Crippen LogP contribution in [0.1, 0.15) is 12.8 Å². The lowest BCUT2D eigenvalue weighted by atomic mass is 9.96. The monoisotopic (exact) mass is 256 g/mol. The van der Waals surface area contributed by atoms with Crippen LogP contribution in [0.3, 0.4) is 0 Å². The number of para-hydroxylation sites is 1. The molecule has 0 unspecified atom stereocenters. The summed E-state index contributed by atoms with van der Waals surface area (Å²) in [6.07, 6.45) is 3.25. The van der Waals surface area contributed by atoms with Crippen molar-refractivity contribution in [3.05, 3.63) is 36.5 Å². The van der Waals surface area contributed by atoms with Gasteiger partial charge in [-0.05, 0) is 25.0 Å². The number of anilines is 1. The van der Waals surface area contributed by atoms with Crippen LogP contribution in [0.2, 0.25) is 0 Å². The van der Waals surface area contributed by atoms with Gasteiger partial charge in [-0.1, -0.05) is 18.2 Å². The van der Waals surface area contributed by atoms with E-state index >= 15 is 0 Å². The van der Waals surface area contributed by atoms with E-state index in [9.17, 15) is 4.79 Å². The predicted octanol–water partition coefficient (Wildman–Crippen LogP) is 2.54. The van der Waals surface area contributed by atoms with Gasteiger partial charge in [0.05, 0.1) is 11.4 Å². The van der Waals surface area contributed by atoms with E-state index in [1.54, 1.807) is 0 Å². The van der Waals surface area contributed by atoms with Gasteiger partial charge in [-0.15, -0.1) is 0 Å². The molecule has 1 N–H and O–H groups in total. The smallest absolute Gasteiger partial charge is 0.306 e. The maximum atomic E-state index is 11.0. The molecule has 1 aliphatic heterocycles. The fourth-order valence-corrected chi connectivity index (χ4v) is 2.72. The summed E-state index contributed by atoms with van der Waals surface area (Å²) in [5.74, 6) is -0.858. The molecular weight excluding hydrogens is 240 g/mol. The van der Waals surface area contributed by atoms with Crippen LogP contribution in [0.4, 0.5) is 5.69 Å². The Morgan fingerprint density at radius 3 is 2.68 bits per heavy atom. The van der Waals surface area contributed by atoms with E-state index < -0.39 is 5.97 Å². The molecule has 4 nitrogen and oxygen atoms in total. The molecular formula is C15H16N2O2. The number of hydrogen-bond acceptors (Lipinski definition) is 3. The number of fused-ring (bicyclic) bond motifs is 1. The topological polar surface area (TPSA) is 53.4 Å². The second-order valence-electron chi connectivity index (χ2n) is 4.95. The molecule has 19 heavy (non-hydrogen) atoms. The van der Waals surface area contributed by atoms with Crippen LogP contribution in [0.25, 0.3) is 10.9 Å². The molecule has 1 aliphatic rings. The van der Waals surface area contributed by atoms with Gasteiger partial charge in [-0.3, -0.25) is 9.78 Å². The molecule has 1 aromatic heterocycles. The maximum absolute atomic E-state index is 11.0. The third-order valence-electron chi connectivity index (χ3n) is 3.81. The highest BCUT2D eigenvalue weighted by molar-refractivity contribution is 5.91. The normalized spacial score (nSPS) is 16.7. The van der Waals surface area contributed by atoms with Crippen molar-refractivity contribution in [1.29, 1.82) is 0 Å². The van der Waals surface area contributed by atoms with Crippen molar-refractivity contribution < 1.29 is 9.90 Å². The lowest BCUT2D eigenvalue weighted by Crippen LogP contribution is -2.36. The number of carboxylic acid groups (broad SMARTS) is 1. The van der Waals surface area contributed by atoms with E-state index in [1.165, 1.54) is 0 Å². The SMILES string of the molecule is O=C(O)C1CCN(c2ccnc3ccccc23)CC1. The Labute approximate surface area is 111 Å². The highest BCUT2D eigenvalue weighted by atomic mass is 16.4. The Bertz CT molecular complexity index is 599. The minimum Gasteiger partial charge on any atom is -0.481 e. The number of benzene rings is 1. The summed E-state index contributed by atoms with van der Waals surface area (Å²) in [6, 6.07) is 10.1. The molecule has 0 radical (unpaired) electrons. The Kier molecular flexibility index (Phi) is 3.07. The fourth-order valence-electron chi connectivity index (χ4n) is 2.72. The summed E-state index contributed by atoms with van der Waals surface area (Å²) < 4.78 is 0. The number of carbonyl (C=O) groups is 1. The van der Waals surface area contributed by atoms with Crippen molar-refractivity contribution in [2.24, 2.45) is 5.92 Å². The van der Waals surface area contributed by atoms with Crippen molar-refractivity contribution in [3.63, 3.8) is 0 Å². The van der Waals surface area contributed by atoms with Crippen molar-refractivity contribution in [2.45, 2.75) is 12.8 Å². The van der Waals surface area contributed by atoms with Gasteiger partial charge in [0.15, 0.2) is 0 Å². The van der Waals surface area contributed by atoms with Gasteiger partial charge in [0.1, 0.15) is 0 Å². The predicted molar refractivity (Wildman–Crippen MR) is 74.3 cm³/mol. The molecule has 1 saturated heterocycles. The molecule has 0 aliphatic carbocycles. The van der Waals surface area contributed by atoms with Gasteiger partial charge in [-0.25, -0.2) is 0 Å². The van der Waals surface area contributed by atoms with Crippen molar-refractivity contribution >= 4 is 22.6 Å². The zero-order chi connectivity index (χ0) is 13.2. The van der Waals surface area contributed by atoms with E-state index in [1.807, 2.05) is 30.5 Å². The van der Waals surface area contributed by atoms with E-state index in [2.05, 4.69) is 16.0 Å². The summed E-state index contributed by atoms with van der Waals surface area (Å²) >= 11 is 0. The average Bonchev–Trinajstić information content (AvgIpc) is 2.47. The highest BCUT2D eigenvalue weighted by Crippen LogP contribution is 2.29. The van der Waals surface area contributed by atoms with Crippen LogP contribution >= 0.6 is 0 Å². The summed E-state index contributed by atoms with van der Waals surface area (Å²) in [4.78, 5) is 17.6. The van der Waals surface area contributed by atoms with Gasteiger partial charge in [-0.2, -0.15) is 0 Å². The number of carboxylic acids is 1. The van der Waals surface area contributed by atoms with Gasteiger partial charge in [0.25, 0.3) is 0 Å². The zero-order valence-electron chi connectivity index (χ0n) is 10.6. The van der Waals surface area contributed by atoms with E-state index in [0.29, 0.717) is 12.8 Å². The minimum atomic E-state index is -0.667. The first-order valence-electron chi connectivity index (χ1n) is 6.57. The largest absolute Gasteiger partial charge is 0.481 e. The summed E-state index contributed by atoms with van der Waals surface area (Å²) in [5.41, 5.74) is 2.15. The molecule has 0 atom stereocenters. The number of rotatable bonds is 2. The standard InChI is InChI=1S/C15H16N2O2/c18-15(19)11-6-9-17(10-7-11)14-5-8-16-13-4-2-1-3-12(13)14/h1-5,8,11H,6-7,9-10H2,(H,18,19). The molecule has 3 rings (SSSR count). The highest BCUT2D eigenvalue weighted by Gasteiger charge is 2.25. The molecule has 0 spiro atoms. The number of aliphatic carboxylic acids is 1. The molecule has 98 valence electrons. The van der Waals surface area contributed by atoms with Gasteiger partial charge in [0.2, 0.25) is 0 Å². The molecule has 1 aromatic carbocycles. The maximum Gasteiger partial charge on any atom is 0.306 e. The van der Waals surface area contributed by atoms with E-state index in [4.69, 9.17) is 5.11 Å². The second kappa shape index (κ2) is 4.88. The minimum absolute atomic E-state index is 0.190. The van der Waals surface area contributed by atoms with E-state index in [0.717, 1.165) is 29.7 Å². The van der Waals surface area contributed by atoms with Crippen LogP contribution in [-0.2, 0) is 4.79 Å². The summed E-state index contributed by atoms with van der Waals surface area (Å²) in [7, 11) is 0. The summed E-state index contributed by atoms with van der Waals surface area (Å²) in [6.45, 7) is 1.59. The van der Waals surface area contributed by atoms with E-state index in [-0.39, 0.29) is 5.92 Å².